The Kier molecular flexibility index (Phi) is 9.52. The zero-order chi connectivity index (χ0) is 35.4. The number of nitrogens with two attached hydrogens (primary N) is 1. The molecule has 0 saturated carbocycles. The monoisotopic (exact) mass is 675 g/mol. The third-order valence-corrected chi connectivity index (χ3v) is 8.01. The van der Waals surface area contributed by atoms with Crippen LogP contribution in [0.2, 0.25) is 0 Å². The van der Waals surface area contributed by atoms with Crippen molar-refractivity contribution in [3.05, 3.63) is 70.5 Å². The van der Waals surface area contributed by atoms with E-state index in [-0.39, 0.29) is 19.0 Å². The average Bonchev–Trinajstić information content (AvgIpc) is 3.43. The van der Waals surface area contributed by atoms with Gasteiger partial charge in [0.05, 0.1) is 41.0 Å². The molecule has 8 nitrogen and oxygen atoms in total. The number of benzene rings is 2. The standard InChI is InChI=1S/C32H36F7N3O5/c1-16(18-11-19(31(34,35)36)13-20(12-18)32(37,38)39)46-23-15-41-24(43)14-22(26(41)25(23)17-7-9-21(33)10-8-17)42(27(44)30(5,6)40)28(45)47-29(2,3)4/h7-13,16,22-23,25-26H,14-15,40H2,1-6H3/t16-,22?,23+,25-,26+/m1/s1. The first-order chi connectivity index (χ1) is 21.4. The summed E-state index contributed by atoms with van der Waals surface area (Å²) in [4.78, 5) is 42.7. The summed E-state index contributed by atoms with van der Waals surface area (Å²) in [6.07, 6.45) is -14.0. The molecular formula is C32H36F7N3O5. The molecule has 0 spiro atoms. The van der Waals surface area contributed by atoms with Crippen LogP contribution in [-0.4, -0.2) is 63.6 Å². The lowest BCUT2D eigenvalue weighted by Gasteiger charge is -2.38. The van der Waals surface area contributed by atoms with Crippen LogP contribution in [0.15, 0.2) is 42.5 Å². The highest BCUT2D eigenvalue weighted by atomic mass is 19.4. The summed E-state index contributed by atoms with van der Waals surface area (Å²) in [5.74, 6) is -2.88. The van der Waals surface area contributed by atoms with Gasteiger partial charge in [-0.25, -0.2) is 14.1 Å². The van der Waals surface area contributed by atoms with Crippen LogP contribution in [0.5, 0.6) is 0 Å². The maximum Gasteiger partial charge on any atom is 0.417 e. The highest BCUT2D eigenvalue weighted by Gasteiger charge is 2.58. The van der Waals surface area contributed by atoms with Crippen LogP contribution in [0.3, 0.4) is 0 Å². The van der Waals surface area contributed by atoms with Gasteiger partial charge < -0.3 is 20.1 Å². The Labute approximate surface area is 267 Å². The molecule has 5 atom stereocenters. The predicted molar refractivity (Wildman–Crippen MR) is 154 cm³/mol. The molecule has 2 aromatic carbocycles. The van der Waals surface area contributed by atoms with Crippen molar-refractivity contribution in [3.8, 4) is 0 Å². The van der Waals surface area contributed by atoms with Crippen molar-refractivity contribution in [2.24, 2.45) is 5.73 Å². The molecule has 0 aliphatic carbocycles. The molecule has 2 aromatic rings. The fraction of sp³-hybridized carbons (Fsp3) is 0.531. The van der Waals surface area contributed by atoms with Gasteiger partial charge in [-0.3, -0.25) is 9.59 Å². The molecule has 2 aliphatic rings. The predicted octanol–water partition coefficient (Wildman–Crippen LogP) is 6.58. The van der Waals surface area contributed by atoms with Gasteiger partial charge in [0.25, 0.3) is 5.91 Å². The lowest BCUT2D eigenvalue weighted by Crippen LogP contribution is -2.60. The smallest absolute Gasteiger partial charge is 0.417 e. The molecule has 0 radical (unpaired) electrons. The van der Waals surface area contributed by atoms with Crippen molar-refractivity contribution in [1.29, 1.82) is 0 Å². The Bertz CT molecular complexity index is 1480. The summed E-state index contributed by atoms with van der Waals surface area (Å²) in [5, 5.41) is 0. The fourth-order valence-corrected chi connectivity index (χ4v) is 5.99. The van der Waals surface area contributed by atoms with Crippen LogP contribution in [-0.2, 0) is 31.4 Å². The van der Waals surface area contributed by atoms with Crippen LogP contribution < -0.4 is 5.73 Å². The van der Waals surface area contributed by atoms with E-state index in [1.165, 1.54) is 37.8 Å². The minimum atomic E-state index is -5.09. The van der Waals surface area contributed by atoms with E-state index in [0.717, 1.165) is 17.0 Å². The van der Waals surface area contributed by atoms with E-state index in [1.807, 2.05) is 0 Å². The van der Waals surface area contributed by atoms with Gasteiger partial charge in [0.1, 0.15) is 11.4 Å². The maximum atomic E-state index is 14.0. The molecule has 2 aliphatic heterocycles. The van der Waals surface area contributed by atoms with Gasteiger partial charge in [0.2, 0.25) is 5.91 Å². The minimum absolute atomic E-state index is 0.00761. The molecule has 2 heterocycles. The number of alkyl halides is 6. The molecule has 258 valence electrons. The normalized spacial score (nSPS) is 22.7. The molecule has 2 fully saturated rings. The number of hydrogen-bond acceptors (Lipinski definition) is 6. The van der Waals surface area contributed by atoms with Crippen LogP contribution in [0.1, 0.15) is 82.2 Å². The second kappa shape index (κ2) is 12.4. The number of fused-ring (bicyclic) bond motifs is 1. The number of rotatable bonds is 6. The van der Waals surface area contributed by atoms with Gasteiger partial charge >= 0.3 is 18.4 Å². The number of carbonyl (C=O) groups excluding carboxylic acids is 3. The van der Waals surface area contributed by atoms with Crippen molar-refractivity contribution in [2.75, 3.05) is 6.54 Å². The molecule has 0 aromatic heterocycles. The summed E-state index contributed by atoms with van der Waals surface area (Å²) in [5.41, 5.74) is 0.378. The Morgan fingerprint density at radius 2 is 1.47 bits per heavy atom. The van der Waals surface area contributed by atoms with E-state index in [1.54, 1.807) is 20.8 Å². The number of carbonyl (C=O) groups is 3. The van der Waals surface area contributed by atoms with Crippen molar-refractivity contribution in [3.63, 3.8) is 0 Å². The van der Waals surface area contributed by atoms with Crippen molar-refractivity contribution in [1.82, 2.24) is 9.80 Å². The first-order valence-electron chi connectivity index (χ1n) is 14.7. The summed E-state index contributed by atoms with van der Waals surface area (Å²) < 4.78 is 107. The van der Waals surface area contributed by atoms with E-state index in [9.17, 15) is 45.1 Å². The van der Waals surface area contributed by atoms with Crippen LogP contribution in [0, 0.1) is 5.82 Å². The lowest BCUT2D eigenvalue weighted by atomic mass is 9.85. The minimum Gasteiger partial charge on any atom is -0.443 e. The zero-order valence-electron chi connectivity index (χ0n) is 26.5. The molecule has 0 bridgehead atoms. The molecule has 4 rings (SSSR count). The van der Waals surface area contributed by atoms with E-state index in [2.05, 4.69) is 0 Å². The van der Waals surface area contributed by atoms with E-state index in [0.29, 0.717) is 17.7 Å². The van der Waals surface area contributed by atoms with Crippen LogP contribution in [0.4, 0.5) is 35.5 Å². The molecule has 1 unspecified atom stereocenters. The number of halogens is 7. The molecule has 2 saturated heterocycles. The van der Waals surface area contributed by atoms with Gasteiger partial charge in [-0.2, -0.15) is 26.3 Å². The quantitative estimate of drug-likeness (QED) is 0.348. The van der Waals surface area contributed by atoms with E-state index >= 15 is 0 Å². The number of ether oxygens (including phenoxy) is 2. The van der Waals surface area contributed by atoms with E-state index < -0.39 is 94.1 Å². The molecule has 47 heavy (non-hydrogen) atoms. The molecular weight excluding hydrogens is 639 g/mol. The molecule has 3 amide bonds. The van der Waals surface area contributed by atoms with Crippen LogP contribution in [0.25, 0.3) is 0 Å². The first-order valence-corrected chi connectivity index (χ1v) is 14.7. The van der Waals surface area contributed by atoms with Crippen molar-refractivity contribution < 1.29 is 54.6 Å². The van der Waals surface area contributed by atoms with Gasteiger partial charge in [0.15, 0.2) is 0 Å². The molecule has 15 heteroatoms. The lowest BCUT2D eigenvalue weighted by molar-refractivity contribution is -0.143. The largest absolute Gasteiger partial charge is 0.443 e. The third-order valence-electron chi connectivity index (χ3n) is 8.01. The van der Waals surface area contributed by atoms with Gasteiger partial charge in [0, 0.05) is 18.9 Å². The number of imide groups is 1. The highest BCUT2D eigenvalue weighted by Crippen LogP contribution is 2.46. The topological polar surface area (TPSA) is 102 Å². The fourth-order valence-electron chi connectivity index (χ4n) is 5.99. The van der Waals surface area contributed by atoms with E-state index in [4.69, 9.17) is 15.2 Å². The average molecular weight is 676 g/mol. The second-order valence-electron chi connectivity index (χ2n) is 13.4. The van der Waals surface area contributed by atoms with Crippen molar-refractivity contribution >= 4 is 17.9 Å². The number of amides is 3. The van der Waals surface area contributed by atoms with Crippen LogP contribution >= 0.6 is 0 Å². The second-order valence-corrected chi connectivity index (χ2v) is 13.4. The Morgan fingerprint density at radius 3 is 1.94 bits per heavy atom. The number of nitrogens with zero attached hydrogens (tertiary/aromatic N) is 2. The Morgan fingerprint density at radius 1 is 0.936 bits per heavy atom. The number of hydrogen-bond donors (Lipinski definition) is 1. The summed E-state index contributed by atoms with van der Waals surface area (Å²) >= 11 is 0. The van der Waals surface area contributed by atoms with Gasteiger partial charge in [-0.05, 0) is 83.0 Å². The van der Waals surface area contributed by atoms with Crippen molar-refractivity contribution in [2.45, 2.75) is 102 Å². The van der Waals surface area contributed by atoms with Gasteiger partial charge in [-0.15, -0.1) is 0 Å². The molecule has 2 N–H and O–H groups in total. The third kappa shape index (κ3) is 7.88. The summed E-state index contributed by atoms with van der Waals surface area (Å²) in [6.45, 7) is 8.54. The van der Waals surface area contributed by atoms with Gasteiger partial charge in [-0.1, -0.05) is 12.1 Å². The maximum absolute atomic E-state index is 14.0. The highest BCUT2D eigenvalue weighted by molar-refractivity contribution is 5.98. The summed E-state index contributed by atoms with van der Waals surface area (Å²) in [6, 6.07) is 4.01. The Balaban J connectivity index is 1.80. The first kappa shape index (κ1) is 36.1. The summed E-state index contributed by atoms with van der Waals surface area (Å²) in [7, 11) is 0. The Hall–Kier alpha value is -3.72. The SMILES string of the molecule is C[C@@H](O[C@H]1CN2C(=O)CC(N(C(=O)OC(C)(C)C)C(=O)C(C)(C)N)[C@H]2[C@@H]1c1ccc(F)cc1)c1cc(C(F)(F)F)cc(C(F)(F)F)c1. The zero-order valence-corrected chi connectivity index (χ0v) is 26.5.